The zero-order chi connectivity index (χ0) is 13.2. The van der Waals surface area contributed by atoms with Crippen LogP contribution in [0.15, 0.2) is 18.2 Å². The van der Waals surface area contributed by atoms with Gasteiger partial charge in [-0.2, -0.15) is 0 Å². The van der Waals surface area contributed by atoms with Crippen molar-refractivity contribution >= 4 is 6.09 Å². The van der Waals surface area contributed by atoms with E-state index in [0.29, 0.717) is 5.75 Å². The van der Waals surface area contributed by atoms with E-state index in [2.05, 4.69) is 5.32 Å². The van der Waals surface area contributed by atoms with Gasteiger partial charge in [-0.3, -0.25) is 0 Å². The molecular weight excluding hydrogens is 234 g/mol. The highest BCUT2D eigenvalue weighted by Gasteiger charge is 2.32. The Hall–Kier alpha value is -1.91. The van der Waals surface area contributed by atoms with E-state index in [1.54, 1.807) is 0 Å². The number of fused-ring (bicyclic) bond motifs is 1. The zero-order valence-electron chi connectivity index (χ0n) is 10.5. The van der Waals surface area contributed by atoms with Gasteiger partial charge in [-0.1, -0.05) is 12.1 Å². The Morgan fingerprint density at radius 3 is 3.06 bits per heavy atom. The molecule has 18 heavy (non-hydrogen) atoms. The molecule has 1 amide bonds. The van der Waals surface area contributed by atoms with Gasteiger partial charge in [0.25, 0.3) is 0 Å². The summed E-state index contributed by atoms with van der Waals surface area (Å²) in [5.41, 5.74) is 0.921. The highest BCUT2D eigenvalue weighted by molar-refractivity contribution is 5.64. The number of hydrogen-bond acceptors (Lipinski definition) is 3. The Labute approximate surface area is 106 Å². The number of hydrogen-bond donors (Lipinski definition) is 2. The van der Waals surface area contributed by atoms with E-state index in [1.807, 2.05) is 32.0 Å². The molecule has 0 aliphatic carbocycles. The summed E-state index contributed by atoms with van der Waals surface area (Å²) in [5, 5.41) is 10.7. The van der Waals surface area contributed by atoms with E-state index in [4.69, 9.17) is 14.6 Å². The molecule has 0 radical (unpaired) electrons. The molecule has 5 heteroatoms. The normalized spacial score (nSPS) is 15.7. The zero-order valence-corrected chi connectivity index (χ0v) is 10.5. The van der Waals surface area contributed by atoms with E-state index in [0.717, 1.165) is 17.7 Å². The van der Waals surface area contributed by atoms with Crippen LogP contribution in [-0.2, 0) is 6.42 Å². The molecule has 0 atom stereocenters. The second kappa shape index (κ2) is 4.76. The molecule has 0 fully saturated rings. The fraction of sp³-hybridized carbons (Fsp3) is 0.462. The molecule has 0 bridgehead atoms. The molecule has 1 aliphatic heterocycles. The van der Waals surface area contributed by atoms with Crippen LogP contribution in [-0.4, -0.2) is 30.0 Å². The Balaban J connectivity index is 1.99. The predicted octanol–water partition coefficient (Wildman–Crippen LogP) is 2.05. The van der Waals surface area contributed by atoms with Crippen molar-refractivity contribution in [1.82, 2.24) is 5.32 Å². The van der Waals surface area contributed by atoms with Gasteiger partial charge in [0.2, 0.25) is 0 Å². The highest BCUT2D eigenvalue weighted by Crippen LogP contribution is 2.41. The molecule has 1 aromatic carbocycles. The lowest BCUT2D eigenvalue weighted by Gasteiger charge is -2.18. The summed E-state index contributed by atoms with van der Waals surface area (Å²) in [6.45, 7) is 4.60. The third-order valence-corrected chi connectivity index (χ3v) is 2.69. The van der Waals surface area contributed by atoms with Gasteiger partial charge in [0.1, 0.15) is 12.2 Å². The Kier molecular flexibility index (Phi) is 3.32. The van der Waals surface area contributed by atoms with Crippen LogP contribution in [0.3, 0.4) is 0 Å². The first kappa shape index (κ1) is 12.5. The minimum atomic E-state index is -1.05. The summed E-state index contributed by atoms with van der Waals surface area (Å²) in [4.78, 5) is 10.3. The fourth-order valence-corrected chi connectivity index (χ4v) is 2.02. The van der Waals surface area contributed by atoms with E-state index < -0.39 is 6.09 Å². The van der Waals surface area contributed by atoms with Crippen LogP contribution in [0.1, 0.15) is 19.4 Å². The number of nitrogens with one attached hydrogen (secondary N) is 1. The van der Waals surface area contributed by atoms with Crippen LogP contribution in [0.5, 0.6) is 11.5 Å². The second-order valence-electron chi connectivity index (χ2n) is 4.86. The number of carboxylic acid groups (broad SMARTS) is 1. The minimum absolute atomic E-state index is 0.207. The molecule has 2 N–H and O–H groups in total. The molecule has 5 nitrogen and oxygen atoms in total. The van der Waals surface area contributed by atoms with Crippen molar-refractivity contribution in [3.8, 4) is 11.5 Å². The first-order valence-corrected chi connectivity index (χ1v) is 5.88. The summed E-state index contributed by atoms with van der Waals surface area (Å²) < 4.78 is 11.4. The Morgan fingerprint density at radius 2 is 2.33 bits per heavy atom. The van der Waals surface area contributed by atoms with Crippen molar-refractivity contribution < 1.29 is 19.4 Å². The van der Waals surface area contributed by atoms with E-state index >= 15 is 0 Å². The summed E-state index contributed by atoms with van der Waals surface area (Å²) in [7, 11) is 0. The monoisotopic (exact) mass is 251 g/mol. The van der Waals surface area contributed by atoms with Gasteiger partial charge in [-0.15, -0.1) is 0 Å². The minimum Gasteiger partial charge on any atom is -0.488 e. The summed E-state index contributed by atoms with van der Waals surface area (Å²) in [5.74, 6) is 1.45. The molecule has 0 saturated heterocycles. The molecule has 0 aromatic heterocycles. The largest absolute Gasteiger partial charge is 0.488 e. The smallest absolute Gasteiger partial charge is 0.404 e. The maximum absolute atomic E-state index is 10.3. The number of amides is 1. The topological polar surface area (TPSA) is 67.8 Å². The summed E-state index contributed by atoms with van der Waals surface area (Å²) in [6.07, 6.45) is -0.193. The van der Waals surface area contributed by atoms with Gasteiger partial charge in [0, 0.05) is 12.0 Å². The summed E-state index contributed by atoms with van der Waals surface area (Å²) in [6, 6.07) is 5.77. The molecule has 98 valence electrons. The number of rotatable bonds is 4. The standard InChI is InChI=1S/C13H17NO4/c1-13(2)8-9-4-3-5-10(11(9)18-13)17-7-6-14-12(15)16/h3-5,14H,6-8H2,1-2H3,(H,15,16). The highest BCUT2D eigenvalue weighted by atomic mass is 16.5. The van der Waals surface area contributed by atoms with Gasteiger partial charge >= 0.3 is 6.09 Å². The Bertz CT molecular complexity index is 456. The Morgan fingerprint density at radius 1 is 1.56 bits per heavy atom. The lowest BCUT2D eigenvalue weighted by atomic mass is 10.0. The van der Waals surface area contributed by atoms with Crippen LogP contribution in [0.4, 0.5) is 4.79 Å². The lowest BCUT2D eigenvalue weighted by molar-refractivity contribution is 0.132. The van der Waals surface area contributed by atoms with Crippen LogP contribution < -0.4 is 14.8 Å². The fourth-order valence-electron chi connectivity index (χ4n) is 2.02. The maximum atomic E-state index is 10.3. The van der Waals surface area contributed by atoms with Gasteiger partial charge in [-0.25, -0.2) is 4.79 Å². The van der Waals surface area contributed by atoms with Crippen molar-refractivity contribution in [1.29, 1.82) is 0 Å². The molecule has 0 spiro atoms. The molecule has 0 unspecified atom stereocenters. The molecule has 0 saturated carbocycles. The molecule has 1 aromatic rings. The van der Waals surface area contributed by atoms with Crippen LogP contribution >= 0.6 is 0 Å². The average molecular weight is 251 g/mol. The van der Waals surface area contributed by atoms with Crippen LogP contribution in [0, 0.1) is 0 Å². The van der Waals surface area contributed by atoms with Crippen molar-refractivity contribution in [2.24, 2.45) is 0 Å². The van der Waals surface area contributed by atoms with Crippen molar-refractivity contribution in [2.45, 2.75) is 25.9 Å². The second-order valence-corrected chi connectivity index (χ2v) is 4.86. The first-order chi connectivity index (χ1) is 8.48. The molecule has 1 heterocycles. The average Bonchev–Trinajstić information content (AvgIpc) is 2.58. The SMILES string of the molecule is CC1(C)Cc2cccc(OCCNC(=O)O)c2O1. The van der Waals surface area contributed by atoms with Crippen LogP contribution in [0.25, 0.3) is 0 Å². The van der Waals surface area contributed by atoms with Crippen LogP contribution in [0.2, 0.25) is 0 Å². The molecule has 2 rings (SSSR count). The molecular formula is C13H17NO4. The summed E-state index contributed by atoms with van der Waals surface area (Å²) >= 11 is 0. The first-order valence-electron chi connectivity index (χ1n) is 5.88. The van der Waals surface area contributed by atoms with E-state index in [9.17, 15) is 4.79 Å². The number of carbonyl (C=O) groups is 1. The maximum Gasteiger partial charge on any atom is 0.404 e. The van der Waals surface area contributed by atoms with Crippen molar-refractivity contribution in [2.75, 3.05) is 13.2 Å². The van der Waals surface area contributed by atoms with Crippen molar-refractivity contribution in [3.05, 3.63) is 23.8 Å². The van der Waals surface area contributed by atoms with E-state index in [1.165, 1.54) is 0 Å². The third kappa shape index (κ3) is 2.85. The van der Waals surface area contributed by atoms with E-state index in [-0.39, 0.29) is 18.8 Å². The predicted molar refractivity (Wildman–Crippen MR) is 66.4 cm³/mol. The van der Waals surface area contributed by atoms with Gasteiger partial charge in [0.05, 0.1) is 6.54 Å². The molecule has 1 aliphatic rings. The number of ether oxygens (including phenoxy) is 2. The van der Waals surface area contributed by atoms with Gasteiger partial charge in [-0.05, 0) is 19.9 Å². The lowest BCUT2D eigenvalue weighted by Crippen LogP contribution is -2.26. The number of para-hydroxylation sites is 1. The number of benzene rings is 1. The van der Waals surface area contributed by atoms with Gasteiger partial charge in [0.15, 0.2) is 11.5 Å². The van der Waals surface area contributed by atoms with Crippen molar-refractivity contribution in [3.63, 3.8) is 0 Å². The van der Waals surface area contributed by atoms with Gasteiger partial charge < -0.3 is 19.9 Å². The third-order valence-electron chi connectivity index (χ3n) is 2.69. The quantitative estimate of drug-likeness (QED) is 0.804.